The van der Waals surface area contributed by atoms with Crippen molar-refractivity contribution in [1.29, 1.82) is 0 Å². The van der Waals surface area contributed by atoms with E-state index in [1.165, 1.54) is 6.07 Å². The molecule has 1 aliphatic rings. The summed E-state index contributed by atoms with van der Waals surface area (Å²) in [6.45, 7) is 2.18. The Morgan fingerprint density at radius 1 is 1.09 bits per heavy atom. The van der Waals surface area contributed by atoms with Gasteiger partial charge in [0.15, 0.2) is 0 Å². The minimum Gasteiger partial charge on any atom is -0.368 e. The van der Waals surface area contributed by atoms with Crippen LogP contribution in [0.4, 0.5) is 11.8 Å². The van der Waals surface area contributed by atoms with Crippen molar-refractivity contribution in [3.63, 3.8) is 0 Å². The summed E-state index contributed by atoms with van der Waals surface area (Å²) in [7, 11) is 0. The van der Waals surface area contributed by atoms with Gasteiger partial charge in [0.25, 0.3) is 0 Å². The third-order valence-corrected chi connectivity index (χ3v) is 5.42. The molecule has 3 atom stereocenters. The average Bonchev–Trinajstić information content (AvgIpc) is 2.77. The fraction of sp³-hybridized carbons (Fsp3) is 0.409. The van der Waals surface area contributed by atoms with E-state index in [1.807, 2.05) is 30.3 Å². The molecule has 0 radical (unpaired) electrons. The molecule has 1 aromatic carbocycles. The third kappa shape index (κ3) is 7.31. The zero-order chi connectivity index (χ0) is 23.8. The fourth-order valence-electron chi connectivity index (χ4n) is 3.45. The molecule has 2 heterocycles. The van der Waals surface area contributed by atoms with Crippen LogP contribution in [0.2, 0.25) is 5.15 Å². The highest BCUT2D eigenvalue weighted by Gasteiger charge is 2.27. The van der Waals surface area contributed by atoms with E-state index in [2.05, 4.69) is 31.2 Å². The smallest absolute Gasteiger partial charge is 0.243 e. The van der Waals surface area contributed by atoms with Crippen LogP contribution in [0.25, 0.3) is 0 Å². The third-order valence-electron chi connectivity index (χ3n) is 5.23. The topological polar surface area (TPSA) is 151 Å². The van der Waals surface area contributed by atoms with Crippen LogP contribution in [0.3, 0.4) is 0 Å². The summed E-state index contributed by atoms with van der Waals surface area (Å²) in [5, 5.41) is 11.8. The zero-order valence-electron chi connectivity index (χ0n) is 18.3. The number of rotatable bonds is 3. The number of nitrogens with zero attached hydrogens (tertiary/aromatic N) is 2. The summed E-state index contributed by atoms with van der Waals surface area (Å²) in [6.07, 6.45) is 1.94. The van der Waals surface area contributed by atoms with Crippen molar-refractivity contribution >= 4 is 41.1 Å². The Labute approximate surface area is 197 Å². The first-order valence-corrected chi connectivity index (χ1v) is 11.2. The molecule has 0 fully saturated rings. The summed E-state index contributed by atoms with van der Waals surface area (Å²) in [6, 6.07) is 8.35. The molecule has 1 unspecified atom stereocenters. The molecule has 2 bridgehead atoms. The van der Waals surface area contributed by atoms with E-state index < -0.39 is 35.8 Å². The Balaban J connectivity index is 1.86. The Morgan fingerprint density at radius 3 is 2.58 bits per heavy atom. The molecule has 10 nitrogen and oxygen atoms in total. The van der Waals surface area contributed by atoms with Crippen LogP contribution in [0.1, 0.15) is 31.7 Å². The monoisotopic (exact) mass is 473 g/mol. The van der Waals surface area contributed by atoms with Crippen molar-refractivity contribution in [2.45, 2.75) is 50.7 Å². The van der Waals surface area contributed by atoms with Crippen molar-refractivity contribution in [2.75, 3.05) is 17.2 Å². The van der Waals surface area contributed by atoms with Crippen LogP contribution in [0.15, 0.2) is 36.4 Å². The molecule has 0 saturated carbocycles. The van der Waals surface area contributed by atoms with E-state index in [1.54, 1.807) is 6.92 Å². The molecule has 11 heteroatoms. The number of primary amides is 1. The number of nitrogens with two attached hydrogens (primary N) is 1. The number of carbonyl (C=O) groups excluding carboxylic acids is 3. The van der Waals surface area contributed by atoms with Crippen LogP contribution in [-0.4, -0.2) is 52.4 Å². The average molecular weight is 474 g/mol. The van der Waals surface area contributed by atoms with Gasteiger partial charge in [-0.2, -0.15) is 4.98 Å². The highest BCUT2D eigenvalue weighted by atomic mass is 35.5. The zero-order valence-corrected chi connectivity index (χ0v) is 19.1. The van der Waals surface area contributed by atoms with Crippen LogP contribution >= 0.6 is 11.6 Å². The van der Waals surface area contributed by atoms with Gasteiger partial charge >= 0.3 is 0 Å². The van der Waals surface area contributed by atoms with Crippen LogP contribution in [0, 0.1) is 0 Å². The Hall–Kier alpha value is -3.40. The maximum Gasteiger partial charge on any atom is 0.243 e. The van der Waals surface area contributed by atoms with Crippen molar-refractivity contribution in [1.82, 2.24) is 20.6 Å². The molecule has 1 aromatic heterocycles. The molecule has 0 spiro atoms. The van der Waals surface area contributed by atoms with E-state index in [-0.39, 0.29) is 11.6 Å². The Bertz CT molecular complexity index is 989. The lowest BCUT2D eigenvalue weighted by molar-refractivity contribution is -0.131. The van der Waals surface area contributed by atoms with E-state index >= 15 is 0 Å². The lowest BCUT2D eigenvalue weighted by Crippen LogP contribution is -2.55. The number of hydrogen-bond acceptors (Lipinski definition) is 7. The summed E-state index contributed by atoms with van der Waals surface area (Å²) >= 11 is 6.10. The fourth-order valence-corrected chi connectivity index (χ4v) is 3.63. The molecular weight excluding hydrogens is 446 g/mol. The number of amides is 3. The summed E-state index contributed by atoms with van der Waals surface area (Å²) in [4.78, 5) is 46.4. The van der Waals surface area contributed by atoms with Gasteiger partial charge in [0, 0.05) is 19.0 Å². The first-order valence-electron chi connectivity index (χ1n) is 10.8. The standard InChI is InChI=1S/C22H28ClN7O3/c1-13-20(32)28-16(11-14-7-3-2-4-8-14)21(33)27-15(19(24)31)9-5-6-10-25-22-29-17(23)12-18(26-13)30-22/h2-4,7-8,12-13,15-16H,5-6,9-11H2,1H3,(H2,24,31)(H,27,33)(H,28,32)(H2,25,26,29,30)/t13-,15-,16?/m0/s1. The second-order valence-corrected chi connectivity index (χ2v) is 8.29. The van der Waals surface area contributed by atoms with Gasteiger partial charge in [0.05, 0.1) is 0 Å². The highest BCUT2D eigenvalue weighted by molar-refractivity contribution is 6.29. The molecule has 0 aliphatic carbocycles. The number of aromatic nitrogens is 2. The molecular formula is C22H28ClN7O3. The van der Waals surface area contributed by atoms with Crippen LogP contribution < -0.4 is 27.0 Å². The lowest BCUT2D eigenvalue weighted by atomic mass is 10.0. The first-order chi connectivity index (χ1) is 15.8. The number of fused-ring (bicyclic) bond motifs is 2. The normalized spacial score (nSPS) is 22.3. The first kappa shape index (κ1) is 24.2. The van der Waals surface area contributed by atoms with Crippen molar-refractivity contribution < 1.29 is 14.4 Å². The molecule has 6 N–H and O–H groups in total. The molecule has 3 amide bonds. The van der Waals surface area contributed by atoms with Gasteiger partial charge in [-0.1, -0.05) is 41.9 Å². The molecule has 3 rings (SSSR count). The van der Waals surface area contributed by atoms with Gasteiger partial charge in [-0.05, 0) is 31.7 Å². The SMILES string of the molecule is C[C@@H]1Nc2cc(Cl)nc(n2)NCCCC[C@@H](C(N)=O)NC(=O)C(Cc2ccccc2)NC1=O. The summed E-state index contributed by atoms with van der Waals surface area (Å²) < 4.78 is 0. The lowest BCUT2D eigenvalue weighted by Gasteiger charge is -2.24. The Kier molecular flexibility index (Phi) is 8.42. The van der Waals surface area contributed by atoms with Crippen LogP contribution in [-0.2, 0) is 20.8 Å². The van der Waals surface area contributed by atoms with Crippen molar-refractivity contribution in [3.05, 3.63) is 47.1 Å². The predicted molar refractivity (Wildman–Crippen MR) is 126 cm³/mol. The number of benzene rings is 1. The maximum absolute atomic E-state index is 13.1. The minimum absolute atomic E-state index is 0.221. The van der Waals surface area contributed by atoms with Gasteiger partial charge in [-0.25, -0.2) is 4.98 Å². The number of hydrogen-bond donors (Lipinski definition) is 5. The maximum atomic E-state index is 13.1. The second kappa shape index (κ2) is 11.5. The van der Waals surface area contributed by atoms with E-state index in [4.69, 9.17) is 17.3 Å². The number of nitrogens with one attached hydrogen (secondary N) is 4. The molecule has 1 aliphatic heterocycles. The van der Waals surface area contributed by atoms with Crippen molar-refractivity contribution in [2.24, 2.45) is 5.73 Å². The molecule has 33 heavy (non-hydrogen) atoms. The van der Waals surface area contributed by atoms with Gasteiger partial charge in [0.2, 0.25) is 23.7 Å². The highest BCUT2D eigenvalue weighted by Crippen LogP contribution is 2.16. The molecule has 2 aromatic rings. The quantitative estimate of drug-likeness (QED) is 0.420. The Morgan fingerprint density at radius 2 is 1.85 bits per heavy atom. The number of halogens is 1. The van der Waals surface area contributed by atoms with E-state index in [0.717, 1.165) is 5.56 Å². The van der Waals surface area contributed by atoms with Gasteiger partial charge in [-0.3, -0.25) is 14.4 Å². The summed E-state index contributed by atoms with van der Waals surface area (Å²) in [5.74, 6) is -0.810. The van der Waals surface area contributed by atoms with Crippen molar-refractivity contribution in [3.8, 4) is 0 Å². The number of anilines is 2. The second-order valence-electron chi connectivity index (χ2n) is 7.90. The minimum atomic E-state index is -0.898. The van der Waals surface area contributed by atoms with Gasteiger partial charge in [0.1, 0.15) is 29.1 Å². The van der Waals surface area contributed by atoms with Gasteiger partial charge < -0.3 is 27.0 Å². The summed E-state index contributed by atoms with van der Waals surface area (Å²) in [5.41, 5.74) is 6.38. The number of carbonyl (C=O) groups is 3. The molecule has 176 valence electrons. The van der Waals surface area contributed by atoms with Gasteiger partial charge in [-0.15, -0.1) is 0 Å². The van der Waals surface area contributed by atoms with E-state index in [0.29, 0.717) is 37.6 Å². The van der Waals surface area contributed by atoms with E-state index in [9.17, 15) is 14.4 Å². The predicted octanol–water partition coefficient (Wildman–Crippen LogP) is 1.22. The van der Waals surface area contributed by atoms with Crippen LogP contribution in [0.5, 0.6) is 0 Å². The molecule has 0 saturated heterocycles. The largest absolute Gasteiger partial charge is 0.368 e.